The van der Waals surface area contributed by atoms with Gasteiger partial charge in [-0.05, 0) is 42.7 Å². The van der Waals surface area contributed by atoms with E-state index < -0.39 is 0 Å². The molecule has 1 atom stereocenters. The summed E-state index contributed by atoms with van der Waals surface area (Å²) in [5.74, 6) is -0.158. The number of benzene rings is 2. The molecule has 1 aliphatic heterocycles. The first kappa shape index (κ1) is 16.3. The van der Waals surface area contributed by atoms with Crippen LogP contribution in [0.5, 0.6) is 0 Å². The quantitative estimate of drug-likeness (QED) is 0.769. The predicted octanol–water partition coefficient (Wildman–Crippen LogP) is 4.27. The summed E-state index contributed by atoms with van der Waals surface area (Å²) in [5.41, 5.74) is 5.10. The zero-order valence-electron chi connectivity index (χ0n) is 14.7. The third-order valence-corrected chi connectivity index (χ3v) is 4.83. The summed E-state index contributed by atoms with van der Waals surface area (Å²) in [6.45, 7) is 2.92. The molecule has 0 saturated heterocycles. The average Bonchev–Trinajstić information content (AvgIpc) is 3.13. The highest BCUT2D eigenvalue weighted by Gasteiger charge is 2.20. The summed E-state index contributed by atoms with van der Waals surface area (Å²) in [7, 11) is 0. The molecule has 4 rings (SSSR count). The lowest BCUT2D eigenvalue weighted by Gasteiger charge is -2.19. The zero-order chi connectivity index (χ0) is 17.9. The first-order valence-electron chi connectivity index (χ1n) is 8.90. The van der Waals surface area contributed by atoms with E-state index >= 15 is 0 Å². The van der Waals surface area contributed by atoms with Gasteiger partial charge in [0.1, 0.15) is 5.69 Å². The molecule has 0 radical (unpaired) electrons. The fraction of sp³-hybridized carbons (Fsp3) is 0.182. The normalized spacial score (nSPS) is 14.0. The standard InChI is InChI=1S/C22H21N3O/c1-16(17-7-3-2-4-8-17)24-22(26)20-12-11-19(15-23-20)25-14-13-18-9-5-6-10-21(18)25/h2-12,15-16H,13-14H2,1H3,(H,24,26). The van der Waals surface area contributed by atoms with Gasteiger partial charge in [-0.25, -0.2) is 4.98 Å². The van der Waals surface area contributed by atoms with Crippen molar-refractivity contribution in [1.82, 2.24) is 10.3 Å². The predicted molar refractivity (Wildman–Crippen MR) is 104 cm³/mol. The number of nitrogens with one attached hydrogen (secondary N) is 1. The van der Waals surface area contributed by atoms with Crippen LogP contribution in [0.3, 0.4) is 0 Å². The minimum atomic E-state index is -0.158. The van der Waals surface area contributed by atoms with Gasteiger partial charge in [-0.2, -0.15) is 0 Å². The highest BCUT2D eigenvalue weighted by atomic mass is 16.1. The number of rotatable bonds is 4. The molecule has 26 heavy (non-hydrogen) atoms. The van der Waals surface area contributed by atoms with Gasteiger partial charge < -0.3 is 10.2 Å². The summed E-state index contributed by atoms with van der Waals surface area (Å²) in [6, 6.07) is 22.0. The molecule has 1 unspecified atom stereocenters. The Labute approximate surface area is 153 Å². The van der Waals surface area contributed by atoms with Crippen molar-refractivity contribution in [2.75, 3.05) is 11.4 Å². The average molecular weight is 343 g/mol. The molecule has 2 aromatic carbocycles. The second-order valence-electron chi connectivity index (χ2n) is 6.54. The maximum atomic E-state index is 12.5. The molecule has 130 valence electrons. The molecule has 3 aromatic rings. The van der Waals surface area contributed by atoms with Crippen LogP contribution in [-0.2, 0) is 6.42 Å². The third-order valence-electron chi connectivity index (χ3n) is 4.83. The minimum absolute atomic E-state index is 0.0596. The summed E-state index contributed by atoms with van der Waals surface area (Å²) in [6.07, 6.45) is 2.82. The maximum Gasteiger partial charge on any atom is 0.270 e. The molecule has 0 bridgehead atoms. The summed E-state index contributed by atoms with van der Waals surface area (Å²) >= 11 is 0. The van der Waals surface area contributed by atoms with Crippen molar-refractivity contribution < 1.29 is 4.79 Å². The molecule has 1 aromatic heterocycles. The van der Waals surface area contributed by atoms with E-state index in [1.54, 1.807) is 12.3 Å². The number of para-hydroxylation sites is 1. The highest BCUT2D eigenvalue weighted by Crippen LogP contribution is 2.33. The van der Waals surface area contributed by atoms with Crippen LogP contribution in [0, 0.1) is 0 Å². The van der Waals surface area contributed by atoms with Crippen LogP contribution < -0.4 is 10.2 Å². The van der Waals surface area contributed by atoms with Gasteiger partial charge in [0.05, 0.1) is 17.9 Å². The lowest BCUT2D eigenvalue weighted by Crippen LogP contribution is -2.27. The Morgan fingerprint density at radius 1 is 1.04 bits per heavy atom. The lowest BCUT2D eigenvalue weighted by atomic mass is 10.1. The lowest BCUT2D eigenvalue weighted by molar-refractivity contribution is 0.0935. The van der Waals surface area contributed by atoms with E-state index in [1.165, 1.54) is 11.3 Å². The number of fused-ring (bicyclic) bond motifs is 1. The Morgan fingerprint density at radius 2 is 1.81 bits per heavy atom. The Balaban J connectivity index is 1.47. The van der Waals surface area contributed by atoms with Crippen LogP contribution in [0.4, 0.5) is 11.4 Å². The second-order valence-corrected chi connectivity index (χ2v) is 6.54. The van der Waals surface area contributed by atoms with Gasteiger partial charge in [0.25, 0.3) is 5.91 Å². The van der Waals surface area contributed by atoms with Crippen LogP contribution in [0.15, 0.2) is 72.9 Å². The number of carbonyl (C=O) groups is 1. The molecular weight excluding hydrogens is 322 g/mol. The molecule has 0 fully saturated rings. The summed E-state index contributed by atoms with van der Waals surface area (Å²) in [5, 5.41) is 3.00. The molecule has 2 heterocycles. The van der Waals surface area contributed by atoms with Crippen LogP contribution in [0.1, 0.15) is 34.6 Å². The van der Waals surface area contributed by atoms with E-state index in [1.807, 2.05) is 43.3 Å². The van der Waals surface area contributed by atoms with E-state index in [4.69, 9.17) is 0 Å². The van der Waals surface area contributed by atoms with Crippen molar-refractivity contribution in [3.63, 3.8) is 0 Å². The highest BCUT2D eigenvalue weighted by molar-refractivity contribution is 5.92. The molecular formula is C22H21N3O. The minimum Gasteiger partial charge on any atom is -0.344 e. The van der Waals surface area contributed by atoms with Crippen LogP contribution in [-0.4, -0.2) is 17.4 Å². The second kappa shape index (κ2) is 7.00. The van der Waals surface area contributed by atoms with Crippen LogP contribution >= 0.6 is 0 Å². The Morgan fingerprint density at radius 3 is 2.58 bits per heavy atom. The number of nitrogens with zero attached hydrogens (tertiary/aromatic N) is 2. The van der Waals surface area contributed by atoms with Gasteiger partial charge in [-0.1, -0.05) is 48.5 Å². The molecule has 4 heteroatoms. The maximum absolute atomic E-state index is 12.5. The van der Waals surface area contributed by atoms with Crippen LogP contribution in [0.2, 0.25) is 0 Å². The number of aromatic nitrogens is 1. The Kier molecular flexibility index (Phi) is 4.40. The number of hydrogen-bond donors (Lipinski definition) is 1. The van der Waals surface area contributed by atoms with E-state index in [-0.39, 0.29) is 11.9 Å². The van der Waals surface area contributed by atoms with Gasteiger partial charge in [-0.3, -0.25) is 4.79 Å². The first-order chi connectivity index (χ1) is 12.7. The molecule has 0 spiro atoms. The number of pyridine rings is 1. The van der Waals surface area contributed by atoms with Crippen molar-refractivity contribution in [2.45, 2.75) is 19.4 Å². The molecule has 1 aliphatic rings. The monoisotopic (exact) mass is 343 g/mol. The first-order valence-corrected chi connectivity index (χ1v) is 8.90. The number of hydrogen-bond acceptors (Lipinski definition) is 3. The van der Waals surface area contributed by atoms with Crippen molar-refractivity contribution in [2.24, 2.45) is 0 Å². The summed E-state index contributed by atoms with van der Waals surface area (Å²) in [4.78, 5) is 19.1. The smallest absolute Gasteiger partial charge is 0.270 e. The van der Waals surface area contributed by atoms with Crippen molar-refractivity contribution >= 4 is 17.3 Å². The van der Waals surface area contributed by atoms with Gasteiger partial charge in [0.15, 0.2) is 0 Å². The zero-order valence-corrected chi connectivity index (χ0v) is 14.7. The van der Waals surface area contributed by atoms with E-state index in [0.717, 1.165) is 24.2 Å². The Hall–Kier alpha value is -3.14. The van der Waals surface area contributed by atoms with Gasteiger partial charge in [-0.15, -0.1) is 0 Å². The Bertz CT molecular complexity index is 906. The SMILES string of the molecule is CC(NC(=O)c1ccc(N2CCc3ccccc32)cn1)c1ccccc1. The van der Waals surface area contributed by atoms with Crippen molar-refractivity contribution in [3.8, 4) is 0 Å². The number of anilines is 2. The number of amides is 1. The topological polar surface area (TPSA) is 45.2 Å². The third kappa shape index (κ3) is 3.18. The molecule has 0 saturated carbocycles. The largest absolute Gasteiger partial charge is 0.344 e. The molecule has 1 amide bonds. The van der Waals surface area contributed by atoms with E-state index in [0.29, 0.717) is 5.69 Å². The fourth-order valence-corrected chi connectivity index (χ4v) is 3.38. The number of carbonyl (C=O) groups excluding carboxylic acids is 1. The van der Waals surface area contributed by atoms with Crippen molar-refractivity contribution in [3.05, 3.63) is 89.7 Å². The molecule has 0 aliphatic carbocycles. The van der Waals surface area contributed by atoms with E-state index in [2.05, 4.69) is 39.5 Å². The van der Waals surface area contributed by atoms with Gasteiger partial charge in [0.2, 0.25) is 0 Å². The molecule has 1 N–H and O–H groups in total. The van der Waals surface area contributed by atoms with Crippen molar-refractivity contribution in [1.29, 1.82) is 0 Å². The van der Waals surface area contributed by atoms with E-state index in [9.17, 15) is 4.79 Å². The van der Waals surface area contributed by atoms with Crippen LogP contribution in [0.25, 0.3) is 0 Å². The molecule has 4 nitrogen and oxygen atoms in total. The fourth-order valence-electron chi connectivity index (χ4n) is 3.38. The summed E-state index contributed by atoms with van der Waals surface area (Å²) < 4.78 is 0. The van der Waals surface area contributed by atoms with Gasteiger partial charge in [0, 0.05) is 12.2 Å². The van der Waals surface area contributed by atoms with Gasteiger partial charge >= 0.3 is 0 Å².